The molecular weight excluding hydrogens is 346 g/mol. The van der Waals surface area contributed by atoms with Crippen molar-refractivity contribution in [3.8, 4) is 5.75 Å². The van der Waals surface area contributed by atoms with Crippen molar-refractivity contribution in [1.82, 2.24) is 0 Å². The van der Waals surface area contributed by atoms with E-state index in [1.165, 1.54) is 60.7 Å². The molecule has 0 unspecified atom stereocenters. The number of hydrogen-bond acceptors (Lipinski definition) is 2. The maximum atomic E-state index is 6.50. The summed E-state index contributed by atoms with van der Waals surface area (Å²) in [7, 11) is 0.661. The molecule has 27 heavy (non-hydrogen) atoms. The average Bonchev–Trinajstić information content (AvgIpc) is 2.66. The summed E-state index contributed by atoms with van der Waals surface area (Å²) in [5.41, 5.74) is 4.64. The third-order valence-corrected chi connectivity index (χ3v) is 8.77. The van der Waals surface area contributed by atoms with E-state index in [1.807, 2.05) is 0 Å². The van der Waals surface area contributed by atoms with Gasteiger partial charge in [-0.25, -0.2) is 0 Å². The van der Waals surface area contributed by atoms with Crippen LogP contribution in [0.4, 0.5) is 5.69 Å². The molecule has 0 spiro atoms. The first-order chi connectivity index (χ1) is 13.2. The topological polar surface area (TPSA) is 12.5 Å². The van der Waals surface area contributed by atoms with Crippen molar-refractivity contribution in [2.75, 3.05) is 11.3 Å². The molecule has 2 aromatic rings. The van der Waals surface area contributed by atoms with E-state index in [4.69, 9.17) is 4.74 Å². The number of nitrogens with zero attached hydrogens (tertiary/aromatic N) is 1. The standard InChI is InChI=1S/C24H27NOSi/c1-16-7-21(24-12-17-9-18(13-24)11-19(10-17)14-24)23-22(8-16)27-25(15-26-23)20-5-3-2-4-6-20/h2-8,17-19H,9-15H2,1H3. The van der Waals surface area contributed by atoms with E-state index in [0.717, 1.165) is 17.8 Å². The molecule has 2 nitrogen and oxygen atoms in total. The molecule has 3 heteroatoms. The van der Waals surface area contributed by atoms with Crippen molar-refractivity contribution in [3.63, 3.8) is 0 Å². The zero-order chi connectivity index (χ0) is 18.0. The Hall–Kier alpha value is -1.74. The molecule has 1 aliphatic heterocycles. The van der Waals surface area contributed by atoms with E-state index in [-0.39, 0.29) is 0 Å². The Balaban J connectivity index is 1.40. The molecule has 2 aromatic carbocycles. The smallest absolute Gasteiger partial charge is 0.228 e. The van der Waals surface area contributed by atoms with Crippen LogP contribution in [0.2, 0.25) is 0 Å². The molecule has 0 N–H and O–H groups in total. The Kier molecular flexibility index (Phi) is 3.53. The van der Waals surface area contributed by atoms with Gasteiger partial charge in [-0.15, -0.1) is 0 Å². The van der Waals surface area contributed by atoms with Crippen LogP contribution in [-0.2, 0) is 5.41 Å². The van der Waals surface area contributed by atoms with Gasteiger partial charge in [-0.3, -0.25) is 0 Å². The molecule has 138 valence electrons. The highest BCUT2D eigenvalue weighted by molar-refractivity contribution is 6.59. The van der Waals surface area contributed by atoms with Gasteiger partial charge >= 0.3 is 0 Å². The number of fused-ring (bicyclic) bond motifs is 1. The normalized spacial score (nSPS) is 33.7. The van der Waals surface area contributed by atoms with Gasteiger partial charge in [-0.2, -0.15) is 0 Å². The molecule has 0 amide bonds. The molecule has 2 radical (unpaired) electrons. The molecule has 7 rings (SSSR count). The van der Waals surface area contributed by atoms with Crippen molar-refractivity contribution in [2.45, 2.75) is 50.9 Å². The third kappa shape index (κ3) is 2.58. The lowest BCUT2D eigenvalue weighted by Gasteiger charge is -2.57. The number of ether oxygens (including phenoxy) is 1. The SMILES string of the molecule is Cc1cc2c(c(C34CC5CC(CC(C5)C3)C4)c1)OCN(c1ccccc1)[Si]2. The number of hydrogen-bond donors (Lipinski definition) is 0. The molecule has 0 atom stereocenters. The monoisotopic (exact) mass is 373 g/mol. The first-order valence-electron chi connectivity index (χ1n) is 10.6. The van der Waals surface area contributed by atoms with Crippen LogP contribution in [0.1, 0.15) is 49.7 Å². The van der Waals surface area contributed by atoms with E-state index in [0.29, 0.717) is 21.8 Å². The van der Waals surface area contributed by atoms with Crippen LogP contribution in [0.5, 0.6) is 5.75 Å². The molecule has 4 aliphatic carbocycles. The molecule has 5 aliphatic rings. The van der Waals surface area contributed by atoms with Crippen LogP contribution in [0.3, 0.4) is 0 Å². The molecule has 0 aromatic heterocycles. The highest BCUT2D eigenvalue weighted by atomic mass is 28.2. The maximum Gasteiger partial charge on any atom is 0.228 e. The van der Waals surface area contributed by atoms with Crippen molar-refractivity contribution in [1.29, 1.82) is 0 Å². The van der Waals surface area contributed by atoms with Gasteiger partial charge in [0.15, 0.2) is 6.73 Å². The van der Waals surface area contributed by atoms with Gasteiger partial charge in [0.25, 0.3) is 0 Å². The maximum absolute atomic E-state index is 6.50. The Bertz CT molecular complexity index is 842. The van der Waals surface area contributed by atoms with E-state index >= 15 is 0 Å². The van der Waals surface area contributed by atoms with Crippen LogP contribution in [0, 0.1) is 24.7 Å². The van der Waals surface area contributed by atoms with Gasteiger partial charge in [0.05, 0.1) is 0 Å². The van der Waals surface area contributed by atoms with Gasteiger partial charge in [0.1, 0.15) is 5.75 Å². The fourth-order valence-electron chi connectivity index (χ4n) is 6.90. The van der Waals surface area contributed by atoms with E-state index in [2.05, 4.69) is 54.0 Å². The van der Waals surface area contributed by atoms with Gasteiger partial charge in [0.2, 0.25) is 9.68 Å². The fraction of sp³-hybridized carbons (Fsp3) is 0.500. The van der Waals surface area contributed by atoms with Crippen LogP contribution in [0.15, 0.2) is 42.5 Å². The zero-order valence-electron chi connectivity index (χ0n) is 16.1. The Morgan fingerprint density at radius 3 is 2.30 bits per heavy atom. The Labute approximate surface area is 164 Å². The van der Waals surface area contributed by atoms with Gasteiger partial charge in [0, 0.05) is 16.4 Å². The summed E-state index contributed by atoms with van der Waals surface area (Å²) in [6.07, 6.45) is 8.71. The molecule has 4 fully saturated rings. The minimum atomic E-state index is 0.407. The zero-order valence-corrected chi connectivity index (χ0v) is 17.1. The summed E-state index contributed by atoms with van der Waals surface area (Å²) in [5, 5.41) is 1.41. The second kappa shape index (κ2) is 5.87. The van der Waals surface area contributed by atoms with E-state index < -0.39 is 0 Å². The minimum Gasteiger partial charge on any atom is -0.474 e. The highest BCUT2D eigenvalue weighted by Gasteiger charge is 2.52. The Morgan fingerprint density at radius 1 is 0.963 bits per heavy atom. The predicted molar refractivity (Wildman–Crippen MR) is 111 cm³/mol. The molecule has 1 heterocycles. The van der Waals surface area contributed by atoms with Crippen LogP contribution in [-0.4, -0.2) is 16.4 Å². The van der Waals surface area contributed by atoms with E-state index in [1.54, 1.807) is 5.56 Å². The summed E-state index contributed by atoms with van der Waals surface area (Å²) in [6, 6.07) is 15.6. The molecular formula is C24H27NOSi. The second-order valence-corrected chi connectivity index (χ2v) is 10.8. The Morgan fingerprint density at radius 2 is 1.63 bits per heavy atom. The van der Waals surface area contributed by atoms with Crippen molar-refractivity contribution >= 4 is 20.6 Å². The van der Waals surface area contributed by atoms with Crippen LogP contribution < -0.4 is 14.5 Å². The second-order valence-electron chi connectivity index (χ2n) is 9.54. The first-order valence-corrected chi connectivity index (χ1v) is 11.5. The third-order valence-electron chi connectivity index (χ3n) is 7.50. The number of anilines is 1. The lowest BCUT2D eigenvalue weighted by molar-refractivity contribution is -0.00635. The van der Waals surface area contributed by atoms with E-state index in [9.17, 15) is 0 Å². The van der Waals surface area contributed by atoms with Gasteiger partial charge < -0.3 is 9.30 Å². The number of para-hydroxylation sites is 1. The molecule has 4 saturated carbocycles. The largest absolute Gasteiger partial charge is 0.474 e. The number of rotatable bonds is 2. The quantitative estimate of drug-likeness (QED) is 0.715. The molecule has 0 saturated heterocycles. The minimum absolute atomic E-state index is 0.407. The van der Waals surface area contributed by atoms with Gasteiger partial charge in [-0.1, -0.05) is 35.9 Å². The first kappa shape index (κ1) is 16.2. The highest BCUT2D eigenvalue weighted by Crippen LogP contribution is 2.61. The molecule has 4 bridgehead atoms. The lowest BCUT2D eigenvalue weighted by Crippen LogP contribution is -2.50. The van der Waals surface area contributed by atoms with Crippen LogP contribution in [0.25, 0.3) is 0 Å². The number of benzene rings is 2. The number of aryl methyl sites for hydroxylation is 1. The lowest BCUT2D eigenvalue weighted by atomic mass is 9.48. The predicted octanol–water partition coefficient (Wildman–Crippen LogP) is 4.56. The average molecular weight is 374 g/mol. The van der Waals surface area contributed by atoms with Gasteiger partial charge in [-0.05, 0) is 80.8 Å². The summed E-state index contributed by atoms with van der Waals surface area (Å²) < 4.78 is 8.88. The summed E-state index contributed by atoms with van der Waals surface area (Å²) in [4.78, 5) is 0. The summed E-state index contributed by atoms with van der Waals surface area (Å²) in [5.74, 6) is 4.16. The van der Waals surface area contributed by atoms with Crippen molar-refractivity contribution in [2.24, 2.45) is 17.8 Å². The van der Waals surface area contributed by atoms with Crippen LogP contribution >= 0.6 is 0 Å². The van der Waals surface area contributed by atoms with Crippen molar-refractivity contribution < 1.29 is 4.74 Å². The summed E-state index contributed by atoms with van der Waals surface area (Å²) in [6.45, 7) is 2.95. The fourth-order valence-corrected chi connectivity index (χ4v) is 8.20. The summed E-state index contributed by atoms with van der Waals surface area (Å²) >= 11 is 0. The van der Waals surface area contributed by atoms with Crippen molar-refractivity contribution in [3.05, 3.63) is 53.6 Å².